The van der Waals surface area contributed by atoms with E-state index < -0.39 is 0 Å². The van der Waals surface area contributed by atoms with E-state index >= 15 is 0 Å². The average Bonchev–Trinajstić information content (AvgIpc) is 3.24. The Morgan fingerprint density at radius 3 is 2.61 bits per heavy atom. The van der Waals surface area contributed by atoms with Gasteiger partial charge >= 0.3 is 0 Å². The van der Waals surface area contributed by atoms with Crippen molar-refractivity contribution < 1.29 is 9.53 Å². The van der Waals surface area contributed by atoms with Gasteiger partial charge in [0.05, 0.1) is 12.8 Å². The van der Waals surface area contributed by atoms with Crippen LogP contribution in [0.4, 0.5) is 5.82 Å². The van der Waals surface area contributed by atoms with Gasteiger partial charge in [-0.15, -0.1) is 0 Å². The lowest BCUT2D eigenvalue weighted by molar-refractivity contribution is -0.116. The van der Waals surface area contributed by atoms with E-state index in [2.05, 4.69) is 20.5 Å². The Kier molecular flexibility index (Phi) is 4.52. The summed E-state index contributed by atoms with van der Waals surface area (Å²) in [5.41, 5.74) is 3.54. The van der Waals surface area contributed by atoms with Gasteiger partial charge in [-0.3, -0.25) is 9.48 Å². The molecular weight excluding hydrogens is 356 g/mol. The molecule has 0 aliphatic heterocycles. The monoisotopic (exact) mass is 376 g/mol. The molecule has 0 saturated heterocycles. The number of anilines is 1. The zero-order chi connectivity index (χ0) is 19.7. The van der Waals surface area contributed by atoms with Crippen molar-refractivity contribution in [3.63, 3.8) is 0 Å². The molecule has 142 valence electrons. The molecule has 0 bridgehead atoms. The molecule has 1 amide bonds. The van der Waals surface area contributed by atoms with Crippen molar-refractivity contribution in [3.05, 3.63) is 54.5 Å². The minimum absolute atomic E-state index is 0.0555. The largest absolute Gasteiger partial charge is 0.497 e. The van der Waals surface area contributed by atoms with E-state index in [0.717, 1.165) is 28.0 Å². The fourth-order valence-electron chi connectivity index (χ4n) is 3.20. The Morgan fingerprint density at radius 2 is 1.93 bits per heavy atom. The first-order valence-corrected chi connectivity index (χ1v) is 8.81. The van der Waals surface area contributed by atoms with E-state index in [1.807, 2.05) is 37.3 Å². The first kappa shape index (κ1) is 17.7. The summed E-state index contributed by atoms with van der Waals surface area (Å²) in [7, 11) is 3.44. The van der Waals surface area contributed by atoms with Gasteiger partial charge in [-0.25, -0.2) is 9.67 Å². The van der Waals surface area contributed by atoms with Crippen LogP contribution in [0.25, 0.3) is 22.2 Å². The van der Waals surface area contributed by atoms with Crippen LogP contribution in [0.3, 0.4) is 0 Å². The lowest BCUT2D eigenvalue weighted by atomic mass is 10.0. The van der Waals surface area contributed by atoms with Crippen molar-refractivity contribution >= 4 is 22.8 Å². The number of carbonyl (C=O) groups excluding carboxylic acids is 1. The van der Waals surface area contributed by atoms with Crippen LogP contribution in [0.2, 0.25) is 0 Å². The van der Waals surface area contributed by atoms with Gasteiger partial charge in [0.1, 0.15) is 12.3 Å². The Bertz CT molecular complexity index is 1140. The van der Waals surface area contributed by atoms with Crippen LogP contribution in [-0.2, 0) is 18.4 Å². The Hall–Kier alpha value is -3.68. The zero-order valence-electron chi connectivity index (χ0n) is 15.9. The van der Waals surface area contributed by atoms with Crippen molar-refractivity contribution in [1.82, 2.24) is 24.5 Å². The topological polar surface area (TPSA) is 86.9 Å². The predicted molar refractivity (Wildman–Crippen MR) is 106 cm³/mol. The van der Waals surface area contributed by atoms with E-state index in [1.165, 1.54) is 0 Å². The van der Waals surface area contributed by atoms with Crippen LogP contribution in [0.15, 0.2) is 48.8 Å². The lowest BCUT2D eigenvalue weighted by Crippen LogP contribution is -2.20. The molecular formula is C20H20N6O2. The molecule has 0 radical (unpaired) electrons. The van der Waals surface area contributed by atoms with Crippen LogP contribution < -0.4 is 10.1 Å². The average molecular weight is 376 g/mol. The molecule has 3 aromatic heterocycles. The third kappa shape index (κ3) is 3.32. The standard InChI is InChI=1S/C20H20N6O2/c1-13-19-16(14-4-6-15(28-3)7-5-14)8-10-21-20(19)26(23-13)12-18(27)22-17-9-11-25(2)24-17/h4-11H,12H2,1-3H3,(H,22,24,27). The highest BCUT2D eigenvalue weighted by Crippen LogP contribution is 2.30. The highest BCUT2D eigenvalue weighted by atomic mass is 16.5. The summed E-state index contributed by atoms with van der Waals surface area (Å²) in [5.74, 6) is 1.10. The summed E-state index contributed by atoms with van der Waals surface area (Å²) in [5, 5.41) is 12.4. The number of benzene rings is 1. The first-order chi connectivity index (χ1) is 13.5. The number of hydrogen-bond acceptors (Lipinski definition) is 5. The van der Waals surface area contributed by atoms with E-state index in [-0.39, 0.29) is 12.5 Å². The smallest absolute Gasteiger partial charge is 0.247 e. The van der Waals surface area contributed by atoms with Gasteiger partial charge in [0, 0.05) is 30.9 Å². The number of carbonyl (C=O) groups is 1. The van der Waals surface area contributed by atoms with Crippen molar-refractivity contribution in [2.45, 2.75) is 13.5 Å². The van der Waals surface area contributed by atoms with Gasteiger partial charge in [-0.05, 0) is 36.2 Å². The number of nitrogens with zero attached hydrogens (tertiary/aromatic N) is 5. The predicted octanol–water partition coefficient (Wildman–Crippen LogP) is 2.79. The summed E-state index contributed by atoms with van der Waals surface area (Å²) in [6.45, 7) is 1.98. The van der Waals surface area contributed by atoms with Gasteiger partial charge in [-0.2, -0.15) is 10.2 Å². The summed E-state index contributed by atoms with van der Waals surface area (Å²) < 4.78 is 8.49. The summed E-state index contributed by atoms with van der Waals surface area (Å²) in [4.78, 5) is 16.9. The highest BCUT2D eigenvalue weighted by Gasteiger charge is 2.16. The SMILES string of the molecule is COc1ccc(-c2ccnc3c2c(C)nn3CC(=O)Nc2ccn(C)n2)cc1. The van der Waals surface area contributed by atoms with Crippen molar-refractivity contribution in [2.75, 3.05) is 12.4 Å². The van der Waals surface area contributed by atoms with E-state index in [4.69, 9.17) is 4.74 Å². The van der Waals surface area contributed by atoms with Gasteiger partial charge in [0.2, 0.25) is 5.91 Å². The third-order valence-corrected chi connectivity index (χ3v) is 4.48. The molecule has 8 nitrogen and oxygen atoms in total. The minimum atomic E-state index is -0.209. The summed E-state index contributed by atoms with van der Waals surface area (Å²) in [6, 6.07) is 11.5. The molecule has 0 atom stereocenters. The van der Waals surface area contributed by atoms with Crippen LogP contribution >= 0.6 is 0 Å². The summed E-state index contributed by atoms with van der Waals surface area (Å²) >= 11 is 0. The fourth-order valence-corrected chi connectivity index (χ4v) is 3.20. The molecule has 0 aliphatic carbocycles. The second-order valence-electron chi connectivity index (χ2n) is 6.45. The number of ether oxygens (including phenoxy) is 1. The van der Waals surface area contributed by atoms with Gasteiger partial charge in [0.15, 0.2) is 11.5 Å². The van der Waals surface area contributed by atoms with Gasteiger partial charge < -0.3 is 10.1 Å². The second kappa shape index (κ2) is 7.15. The third-order valence-electron chi connectivity index (χ3n) is 4.48. The van der Waals surface area contributed by atoms with E-state index in [9.17, 15) is 4.79 Å². The van der Waals surface area contributed by atoms with Crippen LogP contribution in [0, 0.1) is 6.92 Å². The number of amides is 1. The molecule has 0 unspecified atom stereocenters. The fraction of sp³-hybridized carbons (Fsp3) is 0.200. The lowest BCUT2D eigenvalue weighted by Gasteiger charge is -2.06. The second-order valence-corrected chi connectivity index (χ2v) is 6.45. The maximum Gasteiger partial charge on any atom is 0.247 e. The normalized spacial score (nSPS) is 11.0. The molecule has 28 heavy (non-hydrogen) atoms. The minimum Gasteiger partial charge on any atom is -0.497 e. The van der Waals surface area contributed by atoms with Crippen molar-refractivity contribution in [1.29, 1.82) is 0 Å². The number of methoxy groups -OCH3 is 1. The summed E-state index contributed by atoms with van der Waals surface area (Å²) in [6.07, 6.45) is 3.50. The molecule has 1 aromatic carbocycles. The van der Waals surface area contributed by atoms with E-state index in [0.29, 0.717) is 11.5 Å². The Morgan fingerprint density at radius 1 is 1.14 bits per heavy atom. The van der Waals surface area contributed by atoms with Crippen molar-refractivity contribution in [3.8, 4) is 16.9 Å². The quantitative estimate of drug-likeness (QED) is 0.579. The van der Waals surface area contributed by atoms with Crippen molar-refractivity contribution in [2.24, 2.45) is 7.05 Å². The van der Waals surface area contributed by atoms with Gasteiger partial charge in [0.25, 0.3) is 0 Å². The first-order valence-electron chi connectivity index (χ1n) is 8.81. The Labute approximate surface area is 161 Å². The zero-order valence-corrected chi connectivity index (χ0v) is 15.9. The number of fused-ring (bicyclic) bond motifs is 1. The number of nitrogens with one attached hydrogen (secondary N) is 1. The number of pyridine rings is 1. The molecule has 4 aromatic rings. The maximum absolute atomic E-state index is 12.4. The molecule has 3 heterocycles. The van der Waals surface area contributed by atoms with Crippen LogP contribution in [-0.4, -0.2) is 37.6 Å². The number of aromatic nitrogens is 5. The molecule has 0 spiro atoms. The Balaban J connectivity index is 1.66. The maximum atomic E-state index is 12.4. The molecule has 8 heteroatoms. The molecule has 0 saturated carbocycles. The van der Waals surface area contributed by atoms with E-state index in [1.54, 1.807) is 42.0 Å². The molecule has 0 aliphatic rings. The molecule has 0 fully saturated rings. The highest BCUT2D eigenvalue weighted by molar-refractivity contribution is 5.96. The molecule has 4 rings (SSSR count). The number of aryl methyl sites for hydroxylation is 2. The van der Waals surface area contributed by atoms with Crippen LogP contribution in [0.5, 0.6) is 5.75 Å². The molecule has 1 N–H and O–H groups in total. The number of hydrogen-bond donors (Lipinski definition) is 1. The van der Waals surface area contributed by atoms with Gasteiger partial charge in [-0.1, -0.05) is 12.1 Å². The number of rotatable bonds is 5. The van der Waals surface area contributed by atoms with Crippen LogP contribution in [0.1, 0.15) is 5.69 Å².